The van der Waals surface area contributed by atoms with E-state index in [9.17, 15) is 4.79 Å². The van der Waals surface area contributed by atoms with Crippen molar-refractivity contribution in [1.29, 1.82) is 0 Å². The Hall–Kier alpha value is -1.02. The Morgan fingerprint density at radius 3 is 2.87 bits per heavy atom. The Labute approximate surface area is 94.6 Å². The van der Waals surface area contributed by atoms with Gasteiger partial charge in [0, 0.05) is 16.1 Å². The first-order valence-electron chi connectivity index (χ1n) is 5.19. The third kappa shape index (κ3) is 1.86. The van der Waals surface area contributed by atoms with Gasteiger partial charge in [0.1, 0.15) is 0 Å². The fourth-order valence-electron chi connectivity index (χ4n) is 2.05. The van der Waals surface area contributed by atoms with Gasteiger partial charge in [0.05, 0.1) is 6.04 Å². The van der Waals surface area contributed by atoms with Gasteiger partial charge < -0.3 is 5.32 Å². The van der Waals surface area contributed by atoms with Crippen LogP contribution in [0.4, 0.5) is 0 Å². The Balaban J connectivity index is 2.40. The average molecular weight is 224 g/mol. The zero-order chi connectivity index (χ0) is 11.0. The van der Waals surface area contributed by atoms with Gasteiger partial charge in [0.25, 0.3) is 5.91 Å². The molecule has 0 spiro atoms. The van der Waals surface area contributed by atoms with Crippen molar-refractivity contribution < 1.29 is 4.79 Å². The first-order chi connectivity index (χ1) is 7.09. The van der Waals surface area contributed by atoms with Crippen molar-refractivity contribution in [1.82, 2.24) is 5.32 Å². The highest BCUT2D eigenvalue weighted by atomic mass is 35.5. The normalized spacial score (nSPS) is 19.2. The maximum absolute atomic E-state index is 11.6. The molecule has 0 radical (unpaired) electrons. The molecule has 1 N–H and O–H groups in total. The third-order valence-corrected chi connectivity index (χ3v) is 2.99. The zero-order valence-electron chi connectivity index (χ0n) is 8.88. The highest BCUT2D eigenvalue weighted by Gasteiger charge is 2.30. The minimum absolute atomic E-state index is 0.00171. The van der Waals surface area contributed by atoms with Crippen LogP contribution in [0.25, 0.3) is 0 Å². The van der Waals surface area contributed by atoms with Crippen LogP contribution in [-0.4, -0.2) is 5.91 Å². The number of carbonyl (C=O) groups is 1. The van der Waals surface area contributed by atoms with E-state index in [1.54, 1.807) is 0 Å². The van der Waals surface area contributed by atoms with Crippen molar-refractivity contribution in [3.8, 4) is 0 Å². The number of rotatable bonds is 2. The molecule has 0 saturated heterocycles. The summed E-state index contributed by atoms with van der Waals surface area (Å²) in [5.74, 6) is 0.538. The van der Waals surface area contributed by atoms with Crippen LogP contribution in [0.3, 0.4) is 0 Å². The molecule has 3 heteroatoms. The van der Waals surface area contributed by atoms with Crippen LogP contribution in [0, 0.1) is 5.92 Å². The lowest BCUT2D eigenvalue weighted by Gasteiger charge is -2.14. The van der Waals surface area contributed by atoms with Crippen molar-refractivity contribution in [2.75, 3.05) is 0 Å². The monoisotopic (exact) mass is 223 g/mol. The highest BCUT2D eigenvalue weighted by molar-refractivity contribution is 6.32. The second kappa shape index (κ2) is 3.86. The molecule has 1 aromatic carbocycles. The second-order valence-corrected chi connectivity index (χ2v) is 4.76. The SMILES string of the molecule is CC(C)CC1NC(=O)c2cccc(Cl)c21. The van der Waals surface area contributed by atoms with Crippen molar-refractivity contribution >= 4 is 17.5 Å². The Morgan fingerprint density at radius 2 is 2.20 bits per heavy atom. The van der Waals surface area contributed by atoms with E-state index in [2.05, 4.69) is 19.2 Å². The van der Waals surface area contributed by atoms with Crippen molar-refractivity contribution in [3.05, 3.63) is 34.3 Å². The number of benzene rings is 1. The fraction of sp³-hybridized carbons (Fsp3) is 0.417. The maximum Gasteiger partial charge on any atom is 0.252 e. The van der Waals surface area contributed by atoms with Gasteiger partial charge in [-0.25, -0.2) is 0 Å². The van der Waals surface area contributed by atoms with Gasteiger partial charge in [-0.1, -0.05) is 31.5 Å². The number of fused-ring (bicyclic) bond motifs is 1. The summed E-state index contributed by atoms with van der Waals surface area (Å²) in [6.07, 6.45) is 0.933. The van der Waals surface area contributed by atoms with Crippen LogP contribution in [0.5, 0.6) is 0 Å². The van der Waals surface area contributed by atoms with Gasteiger partial charge in [-0.3, -0.25) is 4.79 Å². The molecule has 0 bridgehead atoms. The zero-order valence-corrected chi connectivity index (χ0v) is 9.64. The summed E-state index contributed by atoms with van der Waals surface area (Å²) < 4.78 is 0. The van der Waals surface area contributed by atoms with E-state index in [1.807, 2.05) is 18.2 Å². The lowest BCUT2D eigenvalue weighted by atomic mass is 9.97. The molecule has 1 aliphatic heterocycles. The van der Waals surface area contributed by atoms with E-state index in [4.69, 9.17) is 11.6 Å². The smallest absolute Gasteiger partial charge is 0.252 e. The summed E-state index contributed by atoms with van der Waals surface area (Å²) in [7, 11) is 0. The van der Waals surface area contributed by atoms with E-state index in [-0.39, 0.29) is 11.9 Å². The van der Waals surface area contributed by atoms with Crippen LogP contribution in [0.15, 0.2) is 18.2 Å². The Bertz CT molecular complexity index is 401. The van der Waals surface area contributed by atoms with Gasteiger partial charge >= 0.3 is 0 Å². The molecule has 0 fully saturated rings. The minimum atomic E-state index is -0.00171. The molecule has 1 amide bonds. The summed E-state index contributed by atoms with van der Waals surface area (Å²) in [6, 6.07) is 5.57. The molecule has 1 aliphatic rings. The highest BCUT2D eigenvalue weighted by Crippen LogP contribution is 2.35. The Morgan fingerprint density at radius 1 is 1.47 bits per heavy atom. The van der Waals surface area contributed by atoms with Gasteiger partial charge in [0.15, 0.2) is 0 Å². The fourth-order valence-corrected chi connectivity index (χ4v) is 2.35. The molecule has 2 rings (SSSR count). The van der Waals surface area contributed by atoms with Gasteiger partial charge in [0.2, 0.25) is 0 Å². The van der Waals surface area contributed by atoms with E-state index in [1.165, 1.54) is 0 Å². The number of amides is 1. The largest absolute Gasteiger partial charge is 0.345 e. The van der Waals surface area contributed by atoms with Crippen molar-refractivity contribution in [3.63, 3.8) is 0 Å². The second-order valence-electron chi connectivity index (χ2n) is 4.36. The van der Waals surface area contributed by atoms with Crippen LogP contribution >= 0.6 is 11.6 Å². The molecular weight excluding hydrogens is 210 g/mol. The van der Waals surface area contributed by atoms with E-state index >= 15 is 0 Å². The molecule has 1 heterocycles. The first-order valence-corrected chi connectivity index (χ1v) is 5.56. The summed E-state index contributed by atoms with van der Waals surface area (Å²) in [6.45, 7) is 4.28. The molecule has 1 aromatic rings. The summed E-state index contributed by atoms with van der Waals surface area (Å²) >= 11 is 6.12. The molecule has 0 saturated carbocycles. The topological polar surface area (TPSA) is 29.1 Å². The van der Waals surface area contributed by atoms with Gasteiger partial charge in [-0.2, -0.15) is 0 Å². The van der Waals surface area contributed by atoms with E-state index in [0.717, 1.165) is 17.5 Å². The average Bonchev–Trinajstić information content (AvgIpc) is 2.44. The summed E-state index contributed by atoms with van der Waals surface area (Å²) in [5.41, 5.74) is 1.70. The standard InChI is InChI=1S/C12H14ClNO/c1-7(2)6-10-11-8(12(15)14-10)4-3-5-9(11)13/h3-5,7,10H,6H2,1-2H3,(H,14,15). The number of hydrogen-bond donors (Lipinski definition) is 1. The predicted octanol–water partition coefficient (Wildman–Crippen LogP) is 3.17. The lowest BCUT2D eigenvalue weighted by Crippen LogP contribution is -2.20. The quantitative estimate of drug-likeness (QED) is 0.820. The number of hydrogen-bond acceptors (Lipinski definition) is 1. The molecule has 1 unspecified atom stereocenters. The van der Waals surface area contributed by atoms with Gasteiger partial charge in [-0.15, -0.1) is 0 Å². The predicted molar refractivity (Wildman–Crippen MR) is 61.1 cm³/mol. The summed E-state index contributed by atoms with van der Waals surface area (Å²) in [5, 5.41) is 3.66. The molecule has 1 atom stereocenters. The van der Waals surface area contributed by atoms with Gasteiger partial charge in [-0.05, 0) is 24.5 Å². The number of carbonyl (C=O) groups excluding carboxylic acids is 1. The van der Waals surface area contributed by atoms with Crippen LogP contribution < -0.4 is 5.32 Å². The third-order valence-electron chi connectivity index (χ3n) is 2.66. The van der Waals surface area contributed by atoms with Crippen molar-refractivity contribution in [2.24, 2.45) is 5.92 Å². The molecule has 15 heavy (non-hydrogen) atoms. The number of halogens is 1. The first kappa shape index (κ1) is 10.5. The number of nitrogens with one attached hydrogen (secondary N) is 1. The molecule has 2 nitrogen and oxygen atoms in total. The van der Waals surface area contributed by atoms with E-state index in [0.29, 0.717) is 10.9 Å². The molecule has 80 valence electrons. The van der Waals surface area contributed by atoms with Crippen LogP contribution in [-0.2, 0) is 0 Å². The maximum atomic E-state index is 11.6. The lowest BCUT2D eigenvalue weighted by molar-refractivity contribution is 0.0953. The van der Waals surface area contributed by atoms with Crippen molar-refractivity contribution in [2.45, 2.75) is 26.3 Å². The molecule has 0 aromatic heterocycles. The van der Waals surface area contributed by atoms with Crippen LogP contribution in [0.1, 0.15) is 42.2 Å². The molecular formula is C12H14ClNO. The van der Waals surface area contributed by atoms with E-state index < -0.39 is 0 Å². The summed E-state index contributed by atoms with van der Waals surface area (Å²) in [4.78, 5) is 11.6. The molecule has 0 aliphatic carbocycles. The minimum Gasteiger partial charge on any atom is -0.345 e. The van der Waals surface area contributed by atoms with Crippen LogP contribution in [0.2, 0.25) is 5.02 Å². The Kier molecular flexibility index (Phi) is 2.70.